The average molecular weight is 380 g/mol. The normalized spacial score (nSPS) is 17.6. The van der Waals surface area contributed by atoms with Crippen molar-refractivity contribution in [2.75, 3.05) is 19.7 Å². The highest BCUT2D eigenvalue weighted by atomic mass is 19.4. The van der Waals surface area contributed by atoms with Crippen LogP contribution in [0.2, 0.25) is 0 Å². The van der Waals surface area contributed by atoms with Crippen LogP contribution in [0.4, 0.5) is 13.2 Å². The molecule has 0 radical (unpaired) electrons. The van der Waals surface area contributed by atoms with Crippen molar-refractivity contribution in [3.05, 3.63) is 65.0 Å². The Kier molecular flexibility index (Phi) is 5.13. The molecule has 2 aromatic rings. The second kappa shape index (κ2) is 7.36. The second-order valence-corrected chi connectivity index (χ2v) is 5.97. The molecule has 1 fully saturated rings. The number of nitrogens with zero attached hydrogens (tertiary/aromatic N) is 2. The summed E-state index contributed by atoms with van der Waals surface area (Å²) in [6.07, 6.45) is -3.76. The molecule has 6 nitrogen and oxygen atoms in total. The third kappa shape index (κ3) is 4.25. The summed E-state index contributed by atoms with van der Waals surface area (Å²) in [5.74, 6) is -1.63. The second-order valence-electron chi connectivity index (χ2n) is 5.97. The number of morpholine rings is 1. The van der Waals surface area contributed by atoms with Gasteiger partial charge in [-0.3, -0.25) is 9.78 Å². The van der Waals surface area contributed by atoms with Gasteiger partial charge in [0.2, 0.25) is 0 Å². The van der Waals surface area contributed by atoms with Crippen LogP contribution in [0.15, 0.2) is 42.6 Å². The zero-order valence-corrected chi connectivity index (χ0v) is 13.9. The molecule has 1 saturated heterocycles. The molecule has 0 bridgehead atoms. The van der Waals surface area contributed by atoms with E-state index in [9.17, 15) is 22.8 Å². The first-order chi connectivity index (χ1) is 12.8. The minimum absolute atomic E-state index is 0.0111. The van der Waals surface area contributed by atoms with E-state index in [4.69, 9.17) is 9.84 Å². The van der Waals surface area contributed by atoms with Gasteiger partial charge in [0.1, 0.15) is 11.8 Å². The van der Waals surface area contributed by atoms with E-state index in [2.05, 4.69) is 4.98 Å². The Balaban J connectivity index is 1.75. The van der Waals surface area contributed by atoms with Crippen LogP contribution in [0.3, 0.4) is 0 Å². The van der Waals surface area contributed by atoms with Crippen molar-refractivity contribution in [2.24, 2.45) is 0 Å². The van der Waals surface area contributed by atoms with Crippen molar-refractivity contribution in [1.29, 1.82) is 0 Å². The van der Waals surface area contributed by atoms with Gasteiger partial charge in [-0.2, -0.15) is 13.2 Å². The zero-order valence-electron chi connectivity index (χ0n) is 13.9. The van der Waals surface area contributed by atoms with E-state index in [1.54, 1.807) is 0 Å². The minimum atomic E-state index is -4.42. The predicted octanol–water partition coefficient (Wildman–Crippen LogP) is 3.01. The summed E-state index contributed by atoms with van der Waals surface area (Å²) in [5, 5.41) is 9.02. The Hall–Kier alpha value is -2.94. The molecule has 0 saturated carbocycles. The highest BCUT2D eigenvalue weighted by molar-refractivity contribution is 5.95. The lowest BCUT2D eigenvalue weighted by atomic mass is 10.0. The van der Waals surface area contributed by atoms with Gasteiger partial charge in [-0.05, 0) is 29.8 Å². The molecule has 1 N–H and O–H groups in total. The quantitative estimate of drug-likeness (QED) is 0.886. The number of carboxylic acid groups (broad SMARTS) is 1. The number of aromatic nitrogens is 1. The number of hydrogen-bond acceptors (Lipinski definition) is 4. The molecule has 1 aliphatic rings. The molecule has 1 amide bonds. The van der Waals surface area contributed by atoms with E-state index >= 15 is 0 Å². The number of carbonyl (C=O) groups is 2. The van der Waals surface area contributed by atoms with Gasteiger partial charge in [0, 0.05) is 12.7 Å². The summed E-state index contributed by atoms with van der Waals surface area (Å²) in [7, 11) is 0. The van der Waals surface area contributed by atoms with Gasteiger partial charge in [-0.15, -0.1) is 0 Å². The van der Waals surface area contributed by atoms with Gasteiger partial charge in [0.15, 0.2) is 0 Å². The van der Waals surface area contributed by atoms with Crippen molar-refractivity contribution in [2.45, 2.75) is 12.3 Å². The first-order valence-corrected chi connectivity index (χ1v) is 8.03. The summed E-state index contributed by atoms with van der Waals surface area (Å²) in [4.78, 5) is 29.0. The number of alkyl halides is 3. The number of ether oxygens (including phenoxy) is 1. The molecular formula is C18H15F3N2O4. The molecule has 1 aromatic carbocycles. The summed E-state index contributed by atoms with van der Waals surface area (Å²) >= 11 is 0. The first kappa shape index (κ1) is 18.8. The standard InChI is InChI=1S/C18H15F3N2O4/c19-18(20,21)13-3-1-11(2-4-13)15-10-23(7-8-27-15)16(24)14-9-12(17(25)26)5-6-22-14/h1-6,9,15H,7-8,10H2,(H,25,26). The highest BCUT2D eigenvalue weighted by Crippen LogP contribution is 2.31. The lowest BCUT2D eigenvalue weighted by molar-refractivity contribution is -0.137. The van der Waals surface area contributed by atoms with Crippen LogP contribution in [0.5, 0.6) is 0 Å². The Bertz CT molecular complexity index is 852. The number of carboxylic acids is 1. The third-order valence-corrected chi connectivity index (χ3v) is 4.19. The van der Waals surface area contributed by atoms with Gasteiger partial charge in [-0.1, -0.05) is 12.1 Å². The monoisotopic (exact) mass is 380 g/mol. The lowest BCUT2D eigenvalue weighted by Crippen LogP contribution is -2.42. The molecule has 1 atom stereocenters. The summed E-state index contributed by atoms with van der Waals surface area (Å²) < 4.78 is 43.6. The van der Waals surface area contributed by atoms with Crippen molar-refractivity contribution in [3.63, 3.8) is 0 Å². The SMILES string of the molecule is O=C(O)c1ccnc(C(=O)N2CCOC(c3ccc(C(F)(F)F)cc3)C2)c1. The van der Waals surface area contributed by atoms with E-state index in [1.807, 2.05) is 0 Å². The molecule has 9 heteroatoms. The molecular weight excluding hydrogens is 365 g/mol. The molecule has 1 aromatic heterocycles. The molecule has 3 rings (SSSR count). The van der Waals surface area contributed by atoms with Crippen molar-refractivity contribution in [1.82, 2.24) is 9.88 Å². The summed E-state index contributed by atoms with van der Waals surface area (Å²) in [6.45, 7) is 0.605. The van der Waals surface area contributed by atoms with E-state index in [0.717, 1.165) is 12.1 Å². The molecule has 27 heavy (non-hydrogen) atoms. The lowest BCUT2D eigenvalue weighted by Gasteiger charge is -2.33. The number of benzene rings is 1. The van der Waals surface area contributed by atoms with Gasteiger partial charge < -0.3 is 14.7 Å². The number of pyridine rings is 1. The maximum Gasteiger partial charge on any atom is 0.416 e. The molecule has 0 spiro atoms. The Morgan fingerprint density at radius 3 is 2.52 bits per heavy atom. The smallest absolute Gasteiger partial charge is 0.416 e. The topological polar surface area (TPSA) is 79.7 Å². The van der Waals surface area contributed by atoms with Crippen LogP contribution >= 0.6 is 0 Å². The van der Waals surface area contributed by atoms with Crippen molar-refractivity contribution < 1.29 is 32.6 Å². The Labute approximate surface area is 152 Å². The fourth-order valence-electron chi connectivity index (χ4n) is 2.76. The maximum absolute atomic E-state index is 12.7. The highest BCUT2D eigenvalue weighted by Gasteiger charge is 2.31. The number of carbonyl (C=O) groups excluding carboxylic acids is 1. The van der Waals surface area contributed by atoms with Crippen LogP contribution in [-0.2, 0) is 10.9 Å². The van der Waals surface area contributed by atoms with Crippen LogP contribution in [0.1, 0.15) is 38.1 Å². The molecule has 0 aliphatic carbocycles. The van der Waals surface area contributed by atoms with Crippen molar-refractivity contribution in [3.8, 4) is 0 Å². The predicted molar refractivity (Wildman–Crippen MR) is 87.2 cm³/mol. The number of rotatable bonds is 3. The minimum Gasteiger partial charge on any atom is -0.478 e. The number of halogens is 3. The van der Waals surface area contributed by atoms with Gasteiger partial charge in [-0.25, -0.2) is 4.79 Å². The summed E-state index contributed by atoms with van der Waals surface area (Å²) in [6, 6.07) is 7.06. The summed E-state index contributed by atoms with van der Waals surface area (Å²) in [5.41, 5.74) is -0.304. The fourth-order valence-corrected chi connectivity index (χ4v) is 2.76. The van der Waals surface area contributed by atoms with E-state index < -0.39 is 29.7 Å². The van der Waals surface area contributed by atoms with Crippen LogP contribution < -0.4 is 0 Å². The average Bonchev–Trinajstić information content (AvgIpc) is 2.67. The van der Waals surface area contributed by atoms with Crippen LogP contribution in [0.25, 0.3) is 0 Å². The molecule has 142 valence electrons. The zero-order chi connectivity index (χ0) is 19.6. The van der Waals surface area contributed by atoms with Gasteiger partial charge in [0.05, 0.1) is 24.3 Å². The fraction of sp³-hybridized carbons (Fsp3) is 0.278. The van der Waals surface area contributed by atoms with Gasteiger partial charge in [0.25, 0.3) is 5.91 Å². The van der Waals surface area contributed by atoms with E-state index in [1.165, 1.54) is 35.4 Å². The molecule has 1 aliphatic heterocycles. The Morgan fingerprint density at radius 2 is 1.89 bits per heavy atom. The molecule has 1 unspecified atom stereocenters. The number of aromatic carboxylic acids is 1. The van der Waals surface area contributed by atoms with Crippen LogP contribution in [-0.4, -0.2) is 46.6 Å². The van der Waals surface area contributed by atoms with E-state index in [-0.39, 0.29) is 31.0 Å². The largest absolute Gasteiger partial charge is 0.478 e. The van der Waals surface area contributed by atoms with Gasteiger partial charge >= 0.3 is 12.1 Å². The molecule has 2 heterocycles. The Morgan fingerprint density at radius 1 is 1.19 bits per heavy atom. The number of hydrogen-bond donors (Lipinski definition) is 1. The maximum atomic E-state index is 12.7. The van der Waals surface area contributed by atoms with Crippen LogP contribution in [0, 0.1) is 0 Å². The number of amides is 1. The van der Waals surface area contributed by atoms with Crippen molar-refractivity contribution >= 4 is 11.9 Å². The van der Waals surface area contributed by atoms with E-state index in [0.29, 0.717) is 5.56 Å². The first-order valence-electron chi connectivity index (χ1n) is 8.03. The third-order valence-electron chi connectivity index (χ3n) is 4.19.